The minimum Gasteiger partial charge on any atom is -0.330 e. The number of halogens is 2. The number of rotatable bonds is 7. The van der Waals surface area contributed by atoms with Crippen LogP contribution in [0.1, 0.15) is 32.8 Å². The Morgan fingerprint density at radius 1 is 1.26 bits per heavy atom. The first-order valence-electron chi connectivity index (χ1n) is 6.74. The highest BCUT2D eigenvalue weighted by molar-refractivity contribution is 5.18. The Labute approximate surface area is 114 Å². The van der Waals surface area contributed by atoms with Crippen LogP contribution in [0, 0.1) is 17.0 Å². The Morgan fingerprint density at radius 3 is 2.53 bits per heavy atom. The summed E-state index contributed by atoms with van der Waals surface area (Å²) < 4.78 is 26.8. The molecule has 1 rings (SSSR count). The summed E-state index contributed by atoms with van der Waals surface area (Å²) in [5.41, 5.74) is 6.11. The Morgan fingerprint density at radius 2 is 1.95 bits per heavy atom. The largest absolute Gasteiger partial charge is 0.330 e. The molecule has 1 aromatic carbocycles. The molecular weight excluding hydrogens is 246 g/mol. The third-order valence-corrected chi connectivity index (χ3v) is 3.15. The van der Waals surface area contributed by atoms with Gasteiger partial charge < -0.3 is 5.73 Å². The van der Waals surface area contributed by atoms with Crippen molar-refractivity contribution in [3.8, 4) is 0 Å². The van der Waals surface area contributed by atoms with Gasteiger partial charge in [0.25, 0.3) is 0 Å². The van der Waals surface area contributed by atoms with Crippen molar-refractivity contribution in [3.63, 3.8) is 0 Å². The van der Waals surface area contributed by atoms with Crippen LogP contribution in [0.15, 0.2) is 18.2 Å². The fourth-order valence-electron chi connectivity index (χ4n) is 2.11. The maximum atomic E-state index is 13.7. The molecule has 0 aliphatic carbocycles. The second-order valence-corrected chi connectivity index (χ2v) is 5.81. The van der Waals surface area contributed by atoms with Gasteiger partial charge in [0.15, 0.2) is 0 Å². The van der Waals surface area contributed by atoms with Gasteiger partial charge >= 0.3 is 0 Å². The average molecular weight is 270 g/mol. The molecule has 0 heterocycles. The lowest BCUT2D eigenvalue weighted by Gasteiger charge is -2.31. The van der Waals surface area contributed by atoms with E-state index in [4.69, 9.17) is 5.73 Å². The Hall–Kier alpha value is -1.00. The highest BCUT2D eigenvalue weighted by atomic mass is 19.1. The molecule has 0 radical (unpaired) electrons. The molecule has 4 heteroatoms. The van der Waals surface area contributed by atoms with Gasteiger partial charge in [-0.25, -0.2) is 8.78 Å². The van der Waals surface area contributed by atoms with Crippen LogP contribution in [0.5, 0.6) is 0 Å². The van der Waals surface area contributed by atoms with Gasteiger partial charge in [0, 0.05) is 18.7 Å². The second kappa shape index (κ2) is 6.96. The molecule has 0 fully saturated rings. The van der Waals surface area contributed by atoms with Crippen LogP contribution in [0.2, 0.25) is 0 Å². The fraction of sp³-hybridized carbons (Fsp3) is 0.600. The molecule has 0 aromatic heterocycles. The summed E-state index contributed by atoms with van der Waals surface area (Å²) in [6, 6.07) is 3.60. The quantitative estimate of drug-likeness (QED) is 0.824. The molecule has 0 spiro atoms. The molecule has 0 atom stereocenters. The van der Waals surface area contributed by atoms with Crippen molar-refractivity contribution in [3.05, 3.63) is 35.4 Å². The van der Waals surface area contributed by atoms with Crippen molar-refractivity contribution in [2.45, 2.75) is 33.7 Å². The molecule has 19 heavy (non-hydrogen) atoms. The summed E-state index contributed by atoms with van der Waals surface area (Å²) in [6.45, 7) is 8.84. The molecule has 1 aromatic rings. The van der Waals surface area contributed by atoms with E-state index in [-0.39, 0.29) is 11.2 Å². The van der Waals surface area contributed by atoms with Crippen LogP contribution in [-0.2, 0) is 6.54 Å². The monoisotopic (exact) mass is 270 g/mol. The van der Waals surface area contributed by atoms with Gasteiger partial charge in [0.1, 0.15) is 11.6 Å². The first-order chi connectivity index (χ1) is 8.88. The zero-order valence-corrected chi connectivity index (χ0v) is 12.0. The van der Waals surface area contributed by atoms with Crippen LogP contribution in [0.4, 0.5) is 8.78 Å². The van der Waals surface area contributed by atoms with Gasteiger partial charge in [0.05, 0.1) is 0 Å². The minimum absolute atomic E-state index is 0.0288. The lowest BCUT2D eigenvalue weighted by molar-refractivity contribution is 0.174. The third kappa shape index (κ3) is 5.25. The normalized spacial score (nSPS) is 12.2. The SMILES string of the molecule is CCCN(Cc1cc(F)ccc1F)CC(C)(C)CN. The molecule has 0 saturated heterocycles. The Kier molecular flexibility index (Phi) is 5.88. The van der Waals surface area contributed by atoms with E-state index >= 15 is 0 Å². The zero-order chi connectivity index (χ0) is 14.5. The number of nitrogens with two attached hydrogens (primary N) is 1. The topological polar surface area (TPSA) is 29.3 Å². The van der Waals surface area contributed by atoms with E-state index in [2.05, 4.69) is 25.7 Å². The molecule has 108 valence electrons. The molecule has 2 N–H and O–H groups in total. The molecule has 0 aliphatic rings. The minimum atomic E-state index is -0.397. The van der Waals surface area contributed by atoms with Crippen LogP contribution in [-0.4, -0.2) is 24.5 Å². The van der Waals surface area contributed by atoms with E-state index in [0.717, 1.165) is 25.6 Å². The van der Waals surface area contributed by atoms with E-state index in [1.807, 2.05) is 0 Å². The summed E-state index contributed by atoms with van der Waals surface area (Å²) >= 11 is 0. The molecule has 0 unspecified atom stereocenters. The number of hydrogen-bond acceptors (Lipinski definition) is 2. The van der Waals surface area contributed by atoms with Crippen molar-refractivity contribution in [2.24, 2.45) is 11.1 Å². The zero-order valence-electron chi connectivity index (χ0n) is 12.0. The Balaban J connectivity index is 2.80. The maximum Gasteiger partial charge on any atom is 0.127 e. The fourth-order valence-corrected chi connectivity index (χ4v) is 2.11. The highest BCUT2D eigenvalue weighted by Crippen LogP contribution is 2.19. The number of hydrogen-bond donors (Lipinski definition) is 1. The van der Waals surface area contributed by atoms with E-state index in [9.17, 15) is 8.78 Å². The predicted octanol–water partition coefficient (Wildman–Crippen LogP) is 3.16. The molecule has 0 amide bonds. The number of benzene rings is 1. The maximum absolute atomic E-state index is 13.7. The predicted molar refractivity (Wildman–Crippen MR) is 74.8 cm³/mol. The smallest absolute Gasteiger partial charge is 0.127 e. The molecule has 2 nitrogen and oxygen atoms in total. The highest BCUT2D eigenvalue weighted by Gasteiger charge is 2.20. The molecular formula is C15H24F2N2. The Bertz CT molecular complexity index is 405. The van der Waals surface area contributed by atoms with Crippen LogP contribution in [0.3, 0.4) is 0 Å². The van der Waals surface area contributed by atoms with E-state index in [1.165, 1.54) is 12.1 Å². The lowest BCUT2D eigenvalue weighted by Crippen LogP contribution is -2.39. The van der Waals surface area contributed by atoms with Crippen LogP contribution in [0.25, 0.3) is 0 Å². The van der Waals surface area contributed by atoms with Gasteiger partial charge in [-0.15, -0.1) is 0 Å². The second-order valence-electron chi connectivity index (χ2n) is 5.81. The first-order valence-corrected chi connectivity index (χ1v) is 6.74. The first kappa shape index (κ1) is 16.1. The van der Waals surface area contributed by atoms with E-state index in [1.54, 1.807) is 0 Å². The summed E-state index contributed by atoms with van der Waals surface area (Å²) in [5.74, 6) is -0.751. The standard InChI is InChI=1S/C15H24F2N2/c1-4-7-19(11-15(2,3)10-18)9-12-8-13(16)5-6-14(12)17/h5-6,8H,4,7,9-11,18H2,1-3H3. The van der Waals surface area contributed by atoms with E-state index < -0.39 is 5.82 Å². The van der Waals surface area contributed by atoms with Crippen molar-refractivity contribution in [1.29, 1.82) is 0 Å². The van der Waals surface area contributed by atoms with Crippen molar-refractivity contribution in [2.75, 3.05) is 19.6 Å². The van der Waals surface area contributed by atoms with Crippen LogP contribution >= 0.6 is 0 Å². The van der Waals surface area contributed by atoms with Crippen molar-refractivity contribution < 1.29 is 8.78 Å². The van der Waals surface area contributed by atoms with Crippen molar-refractivity contribution >= 4 is 0 Å². The third-order valence-electron chi connectivity index (χ3n) is 3.15. The van der Waals surface area contributed by atoms with E-state index in [0.29, 0.717) is 18.7 Å². The van der Waals surface area contributed by atoms with Gasteiger partial charge in [-0.05, 0) is 43.1 Å². The van der Waals surface area contributed by atoms with Crippen molar-refractivity contribution in [1.82, 2.24) is 4.90 Å². The summed E-state index contributed by atoms with van der Waals surface area (Å²) in [5, 5.41) is 0. The average Bonchev–Trinajstić information content (AvgIpc) is 2.34. The lowest BCUT2D eigenvalue weighted by atomic mass is 9.93. The molecule has 0 bridgehead atoms. The van der Waals surface area contributed by atoms with Gasteiger partial charge in [-0.3, -0.25) is 4.90 Å². The summed E-state index contributed by atoms with van der Waals surface area (Å²) in [4.78, 5) is 2.13. The summed E-state index contributed by atoms with van der Waals surface area (Å²) in [7, 11) is 0. The summed E-state index contributed by atoms with van der Waals surface area (Å²) in [6.07, 6.45) is 0.970. The van der Waals surface area contributed by atoms with Gasteiger partial charge in [-0.1, -0.05) is 20.8 Å². The molecule has 0 aliphatic heterocycles. The van der Waals surface area contributed by atoms with Gasteiger partial charge in [-0.2, -0.15) is 0 Å². The number of nitrogens with zero attached hydrogens (tertiary/aromatic N) is 1. The van der Waals surface area contributed by atoms with Gasteiger partial charge in [0.2, 0.25) is 0 Å². The molecule has 0 saturated carbocycles. The van der Waals surface area contributed by atoms with Crippen LogP contribution < -0.4 is 5.73 Å².